The van der Waals surface area contributed by atoms with Gasteiger partial charge in [0.25, 0.3) is 0 Å². The molecule has 1 aliphatic heterocycles. The van der Waals surface area contributed by atoms with Crippen molar-refractivity contribution in [2.45, 2.75) is 38.8 Å². The van der Waals surface area contributed by atoms with E-state index in [1.54, 1.807) is 4.90 Å². The van der Waals surface area contributed by atoms with E-state index < -0.39 is 5.60 Å². The molecule has 16 heavy (non-hydrogen) atoms. The number of likely N-dealkylation sites (tertiary alicyclic amines) is 1. The van der Waals surface area contributed by atoms with Crippen molar-refractivity contribution < 1.29 is 9.53 Å². The molecule has 0 aromatic rings. The highest BCUT2D eigenvalue weighted by molar-refractivity contribution is 5.68. The number of nitrogens with zero attached hydrogens (tertiary/aromatic N) is 2. The second-order valence-corrected chi connectivity index (χ2v) is 5.17. The van der Waals surface area contributed by atoms with Gasteiger partial charge < -0.3 is 15.4 Å². The van der Waals surface area contributed by atoms with Gasteiger partial charge in [0.15, 0.2) is 0 Å². The molecule has 1 saturated heterocycles. The van der Waals surface area contributed by atoms with Crippen LogP contribution in [0.3, 0.4) is 0 Å². The molecule has 0 bridgehead atoms. The van der Waals surface area contributed by atoms with Crippen LogP contribution in [0.5, 0.6) is 0 Å². The smallest absolute Gasteiger partial charge is 0.410 e. The largest absolute Gasteiger partial charge is 0.444 e. The third kappa shape index (κ3) is 3.38. The molecule has 0 saturated carbocycles. The van der Waals surface area contributed by atoms with Crippen LogP contribution in [-0.4, -0.2) is 35.7 Å². The van der Waals surface area contributed by atoms with Crippen LogP contribution in [0, 0.1) is 17.2 Å². The summed E-state index contributed by atoms with van der Waals surface area (Å²) in [6, 6.07) is 1.97. The van der Waals surface area contributed by atoms with Crippen molar-refractivity contribution in [2.24, 2.45) is 11.7 Å². The Morgan fingerprint density at radius 1 is 1.56 bits per heavy atom. The van der Waals surface area contributed by atoms with E-state index in [4.69, 9.17) is 15.7 Å². The fraction of sp³-hybridized carbons (Fsp3) is 0.818. The van der Waals surface area contributed by atoms with Gasteiger partial charge in [-0.15, -0.1) is 0 Å². The maximum atomic E-state index is 11.7. The summed E-state index contributed by atoms with van der Waals surface area (Å²) in [5, 5.41) is 8.62. The zero-order valence-corrected chi connectivity index (χ0v) is 10.1. The summed E-state index contributed by atoms with van der Waals surface area (Å²) in [5.74, 6) is 0.0671. The molecule has 2 atom stereocenters. The molecule has 0 radical (unpaired) electrons. The van der Waals surface area contributed by atoms with E-state index >= 15 is 0 Å². The molecule has 2 N–H and O–H groups in total. The Balaban J connectivity index is 2.52. The number of hydrogen-bond donors (Lipinski definition) is 1. The standard InChI is InChI=1S/C11H19N3O2/c1-11(2,3)16-10(15)14-6-8(4-5-12)9(13)7-14/h8-9H,4,6-7,13H2,1-3H3/t8-,9+/m0/s1. The number of nitrogens with two attached hydrogens (primary N) is 1. The first-order chi connectivity index (χ1) is 7.33. The summed E-state index contributed by atoms with van der Waals surface area (Å²) in [7, 11) is 0. The van der Waals surface area contributed by atoms with Crippen molar-refractivity contribution in [3.05, 3.63) is 0 Å². The lowest BCUT2D eigenvalue weighted by atomic mass is 10.0. The van der Waals surface area contributed by atoms with Crippen LogP contribution in [0.2, 0.25) is 0 Å². The molecule has 0 unspecified atom stereocenters. The van der Waals surface area contributed by atoms with E-state index in [0.717, 1.165) is 0 Å². The third-order valence-electron chi connectivity index (χ3n) is 2.50. The highest BCUT2D eigenvalue weighted by Crippen LogP contribution is 2.20. The Hall–Kier alpha value is -1.28. The second kappa shape index (κ2) is 4.71. The normalized spacial score (nSPS) is 25.3. The topological polar surface area (TPSA) is 79.3 Å². The van der Waals surface area contributed by atoms with Gasteiger partial charge in [-0.2, -0.15) is 5.26 Å². The first-order valence-electron chi connectivity index (χ1n) is 5.44. The Morgan fingerprint density at radius 3 is 2.69 bits per heavy atom. The highest BCUT2D eigenvalue weighted by atomic mass is 16.6. The van der Waals surface area contributed by atoms with Gasteiger partial charge >= 0.3 is 6.09 Å². The average molecular weight is 225 g/mol. The molecule has 90 valence electrons. The zero-order chi connectivity index (χ0) is 12.3. The maximum Gasteiger partial charge on any atom is 0.410 e. The molecule has 0 spiro atoms. The van der Waals surface area contributed by atoms with Gasteiger partial charge in [0, 0.05) is 31.5 Å². The van der Waals surface area contributed by atoms with Crippen LogP contribution in [0.1, 0.15) is 27.2 Å². The Bertz CT molecular complexity index is 303. The van der Waals surface area contributed by atoms with E-state index in [1.807, 2.05) is 20.8 Å². The van der Waals surface area contributed by atoms with Crippen LogP contribution in [0.4, 0.5) is 4.79 Å². The van der Waals surface area contributed by atoms with E-state index in [9.17, 15) is 4.79 Å². The molecule has 0 aromatic heterocycles. The van der Waals surface area contributed by atoms with Crippen LogP contribution in [-0.2, 0) is 4.74 Å². The predicted octanol–water partition coefficient (Wildman–Crippen LogP) is 1.09. The molecule has 1 heterocycles. The quantitative estimate of drug-likeness (QED) is 0.724. The van der Waals surface area contributed by atoms with Crippen molar-refractivity contribution in [3.63, 3.8) is 0 Å². The van der Waals surface area contributed by atoms with Crippen LogP contribution >= 0.6 is 0 Å². The molecule has 5 heteroatoms. The molecule has 5 nitrogen and oxygen atoms in total. The van der Waals surface area contributed by atoms with Crippen molar-refractivity contribution in [1.82, 2.24) is 4.90 Å². The van der Waals surface area contributed by atoms with Gasteiger partial charge in [-0.3, -0.25) is 0 Å². The van der Waals surface area contributed by atoms with Crippen molar-refractivity contribution in [1.29, 1.82) is 5.26 Å². The minimum absolute atomic E-state index is 0.0671. The maximum absolute atomic E-state index is 11.7. The third-order valence-corrected chi connectivity index (χ3v) is 2.50. The van der Waals surface area contributed by atoms with E-state index in [1.165, 1.54) is 0 Å². The molecule has 1 fully saturated rings. The second-order valence-electron chi connectivity index (χ2n) is 5.17. The molecule has 1 amide bonds. The van der Waals surface area contributed by atoms with Gasteiger partial charge in [-0.1, -0.05) is 0 Å². The van der Waals surface area contributed by atoms with Gasteiger partial charge in [0.2, 0.25) is 0 Å². The first kappa shape index (κ1) is 12.8. The predicted molar refractivity (Wildman–Crippen MR) is 59.5 cm³/mol. The molecule has 1 rings (SSSR count). The SMILES string of the molecule is CC(C)(C)OC(=O)N1C[C@H](CC#N)[C@H](N)C1. The van der Waals surface area contributed by atoms with Crippen LogP contribution in [0.25, 0.3) is 0 Å². The number of rotatable bonds is 1. The first-order valence-corrected chi connectivity index (χ1v) is 5.44. The van der Waals surface area contributed by atoms with E-state index in [-0.39, 0.29) is 18.1 Å². The average Bonchev–Trinajstić information content (AvgIpc) is 2.46. The van der Waals surface area contributed by atoms with Gasteiger partial charge in [-0.25, -0.2) is 4.79 Å². The van der Waals surface area contributed by atoms with Gasteiger partial charge in [0.1, 0.15) is 5.60 Å². The van der Waals surface area contributed by atoms with Gasteiger partial charge in [0.05, 0.1) is 6.07 Å². The summed E-state index contributed by atoms with van der Waals surface area (Å²) in [4.78, 5) is 13.3. The van der Waals surface area contributed by atoms with Crippen LogP contribution in [0.15, 0.2) is 0 Å². The Kier molecular flexibility index (Phi) is 3.76. The Morgan fingerprint density at radius 2 is 2.19 bits per heavy atom. The van der Waals surface area contributed by atoms with Crippen molar-refractivity contribution >= 4 is 6.09 Å². The minimum Gasteiger partial charge on any atom is -0.444 e. The summed E-state index contributed by atoms with van der Waals surface area (Å²) in [6.07, 6.45) is 0.0453. The number of hydrogen-bond acceptors (Lipinski definition) is 4. The van der Waals surface area contributed by atoms with Gasteiger partial charge in [-0.05, 0) is 20.8 Å². The lowest BCUT2D eigenvalue weighted by molar-refractivity contribution is 0.0287. The molecular formula is C11H19N3O2. The lowest BCUT2D eigenvalue weighted by Gasteiger charge is -2.24. The molecule has 1 aliphatic rings. The van der Waals surface area contributed by atoms with Crippen molar-refractivity contribution in [3.8, 4) is 6.07 Å². The highest BCUT2D eigenvalue weighted by Gasteiger charge is 2.34. The molecule has 0 aromatic carbocycles. The number of carbonyl (C=O) groups excluding carboxylic acids is 1. The van der Waals surface area contributed by atoms with E-state index in [0.29, 0.717) is 19.5 Å². The van der Waals surface area contributed by atoms with E-state index in [2.05, 4.69) is 6.07 Å². The summed E-state index contributed by atoms with van der Waals surface area (Å²) < 4.78 is 5.24. The fourth-order valence-electron chi connectivity index (χ4n) is 1.71. The number of carbonyl (C=O) groups is 1. The van der Waals surface area contributed by atoms with Crippen LogP contribution < -0.4 is 5.73 Å². The minimum atomic E-state index is -0.492. The summed E-state index contributed by atoms with van der Waals surface area (Å²) >= 11 is 0. The molecular weight excluding hydrogens is 206 g/mol. The monoisotopic (exact) mass is 225 g/mol. The number of nitriles is 1. The summed E-state index contributed by atoms with van der Waals surface area (Å²) in [6.45, 7) is 6.47. The number of ether oxygens (including phenoxy) is 1. The fourth-order valence-corrected chi connectivity index (χ4v) is 1.71. The molecule has 0 aliphatic carbocycles. The lowest BCUT2D eigenvalue weighted by Crippen LogP contribution is -2.36. The zero-order valence-electron chi connectivity index (χ0n) is 10.1. The summed E-state index contributed by atoms with van der Waals surface area (Å²) in [5.41, 5.74) is 5.36. The van der Waals surface area contributed by atoms with Crippen molar-refractivity contribution in [2.75, 3.05) is 13.1 Å². The number of amides is 1. The Labute approximate surface area is 96.2 Å².